The Kier molecular flexibility index (Phi) is 5.81. The molecule has 3 aromatic rings. The first-order valence-electron chi connectivity index (χ1n) is 9.99. The van der Waals surface area contributed by atoms with Crippen LogP contribution in [0.5, 0.6) is 5.75 Å². The van der Waals surface area contributed by atoms with Crippen molar-refractivity contribution in [3.8, 4) is 5.75 Å². The third-order valence-corrected chi connectivity index (χ3v) is 7.57. The SMILES string of the molecule is CCc1cc(O)c(C(NS(=O)(=O)c2ccc(Br)cc2)(c2ccccc2)C2CC2)c(=O)o1. The molecule has 31 heavy (non-hydrogen) atoms. The van der Waals surface area contributed by atoms with Gasteiger partial charge in [0, 0.05) is 17.0 Å². The van der Waals surface area contributed by atoms with Crippen molar-refractivity contribution in [1.82, 2.24) is 4.72 Å². The van der Waals surface area contributed by atoms with Crippen molar-refractivity contribution < 1.29 is 17.9 Å². The molecule has 0 aliphatic heterocycles. The van der Waals surface area contributed by atoms with Crippen LogP contribution in [0.25, 0.3) is 0 Å². The van der Waals surface area contributed by atoms with Crippen LogP contribution in [0.2, 0.25) is 0 Å². The van der Waals surface area contributed by atoms with Crippen molar-refractivity contribution in [2.75, 3.05) is 0 Å². The molecule has 0 amide bonds. The zero-order valence-electron chi connectivity index (χ0n) is 16.8. The Bertz CT molecular complexity index is 1250. The molecule has 1 unspecified atom stereocenters. The quantitative estimate of drug-likeness (QED) is 0.500. The second kappa shape index (κ2) is 8.26. The van der Waals surface area contributed by atoms with Gasteiger partial charge in [0.25, 0.3) is 0 Å². The molecular weight excluding hydrogens is 482 g/mol. The van der Waals surface area contributed by atoms with Gasteiger partial charge < -0.3 is 9.52 Å². The Labute approximate surface area is 189 Å². The molecule has 1 heterocycles. The summed E-state index contributed by atoms with van der Waals surface area (Å²) in [6.45, 7) is 1.80. The third-order valence-electron chi connectivity index (χ3n) is 5.56. The van der Waals surface area contributed by atoms with Crippen LogP contribution < -0.4 is 10.3 Å². The summed E-state index contributed by atoms with van der Waals surface area (Å²) in [6.07, 6.45) is 1.83. The number of hydrogen-bond acceptors (Lipinski definition) is 5. The van der Waals surface area contributed by atoms with Crippen molar-refractivity contribution in [2.45, 2.75) is 36.6 Å². The number of nitrogens with one attached hydrogen (secondary N) is 1. The Morgan fingerprint density at radius 2 is 1.77 bits per heavy atom. The summed E-state index contributed by atoms with van der Waals surface area (Å²) in [4.78, 5) is 13.1. The predicted molar refractivity (Wildman–Crippen MR) is 120 cm³/mol. The van der Waals surface area contributed by atoms with Gasteiger partial charge in [-0.3, -0.25) is 0 Å². The van der Waals surface area contributed by atoms with E-state index in [0.29, 0.717) is 30.6 Å². The van der Waals surface area contributed by atoms with E-state index in [-0.39, 0.29) is 22.1 Å². The van der Waals surface area contributed by atoms with Crippen molar-refractivity contribution in [3.05, 3.63) is 92.4 Å². The van der Waals surface area contributed by atoms with E-state index in [1.807, 2.05) is 6.07 Å². The first-order valence-corrected chi connectivity index (χ1v) is 12.3. The van der Waals surface area contributed by atoms with Gasteiger partial charge in [-0.15, -0.1) is 0 Å². The molecule has 2 aromatic carbocycles. The molecule has 0 spiro atoms. The van der Waals surface area contributed by atoms with Gasteiger partial charge in [0.1, 0.15) is 17.1 Å². The molecule has 1 saturated carbocycles. The summed E-state index contributed by atoms with van der Waals surface area (Å²) < 4.78 is 35.8. The third kappa shape index (κ3) is 4.07. The van der Waals surface area contributed by atoms with Gasteiger partial charge in [-0.1, -0.05) is 53.2 Å². The van der Waals surface area contributed by atoms with Crippen LogP contribution >= 0.6 is 15.9 Å². The number of halogens is 1. The summed E-state index contributed by atoms with van der Waals surface area (Å²) in [5.41, 5.74) is -1.71. The zero-order valence-corrected chi connectivity index (χ0v) is 19.2. The highest BCUT2D eigenvalue weighted by atomic mass is 79.9. The molecule has 1 aromatic heterocycles. The van der Waals surface area contributed by atoms with Crippen LogP contribution in [0.15, 0.2) is 79.2 Å². The van der Waals surface area contributed by atoms with Gasteiger partial charge in [0.2, 0.25) is 10.0 Å². The van der Waals surface area contributed by atoms with Crippen molar-refractivity contribution >= 4 is 26.0 Å². The molecule has 0 bridgehead atoms. The fourth-order valence-electron chi connectivity index (χ4n) is 3.95. The number of hydrogen-bond donors (Lipinski definition) is 2. The van der Waals surface area contributed by atoms with Crippen LogP contribution in [0.3, 0.4) is 0 Å². The smallest absolute Gasteiger partial charge is 0.345 e. The Balaban J connectivity index is 1.97. The summed E-state index contributed by atoms with van der Waals surface area (Å²) >= 11 is 3.31. The maximum absolute atomic E-state index is 13.4. The van der Waals surface area contributed by atoms with E-state index in [1.165, 1.54) is 18.2 Å². The van der Waals surface area contributed by atoms with Crippen molar-refractivity contribution in [3.63, 3.8) is 0 Å². The summed E-state index contributed by atoms with van der Waals surface area (Å²) in [5, 5.41) is 10.9. The second-order valence-electron chi connectivity index (χ2n) is 7.62. The van der Waals surface area contributed by atoms with E-state index in [1.54, 1.807) is 43.3 Å². The highest BCUT2D eigenvalue weighted by Crippen LogP contribution is 2.51. The standard InChI is InChI=1S/C23H22BrNO5S/c1-2-18-14-20(26)21(22(27)30-18)23(16-8-9-16,15-6-4-3-5-7-15)25-31(28,29)19-12-10-17(24)11-13-19/h3-7,10-14,16,25-26H,2,8-9H2,1H3. The van der Waals surface area contributed by atoms with E-state index in [2.05, 4.69) is 20.7 Å². The second-order valence-corrected chi connectivity index (χ2v) is 10.2. The zero-order chi connectivity index (χ0) is 22.2. The number of benzene rings is 2. The van der Waals surface area contributed by atoms with Gasteiger partial charge in [-0.25, -0.2) is 13.2 Å². The molecule has 6 nitrogen and oxygen atoms in total. The van der Waals surface area contributed by atoms with Crippen LogP contribution in [-0.4, -0.2) is 13.5 Å². The minimum Gasteiger partial charge on any atom is -0.507 e. The van der Waals surface area contributed by atoms with Gasteiger partial charge in [-0.05, 0) is 48.6 Å². The summed E-state index contributed by atoms with van der Waals surface area (Å²) in [7, 11) is -4.05. The fraction of sp³-hybridized carbons (Fsp3) is 0.261. The Morgan fingerprint density at radius 1 is 1.13 bits per heavy atom. The number of aryl methyl sites for hydroxylation is 1. The summed E-state index contributed by atoms with van der Waals surface area (Å²) in [6, 6.07) is 16.5. The first kappa shape index (κ1) is 21.8. The monoisotopic (exact) mass is 503 g/mol. The van der Waals surface area contributed by atoms with Crippen molar-refractivity contribution in [2.24, 2.45) is 5.92 Å². The Hall–Kier alpha value is -2.42. The number of aromatic hydroxyl groups is 1. The van der Waals surface area contributed by atoms with Gasteiger partial charge in [-0.2, -0.15) is 4.72 Å². The molecule has 162 valence electrons. The van der Waals surface area contributed by atoms with Gasteiger partial charge in [0.05, 0.1) is 10.4 Å². The molecule has 1 aliphatic rings. The van der Waals surface area contributed by atoms with Crippen LogP contribution in [0.1, 0.15) is 36.7 Å². The van der Waals surface area contributed by atoms with E-state index in [0.717, 1.165) is 4.47 Å². The number of sulfonamides is 1. The lowest BCUT2D eigenvalue weighted by atomic mass is 9.79. The lowest BCUT2D eigenvalue weighted by Gasteiger charge is -2.35. The molecule has 2 N–H and O–H groups in total. The van der Waals surface area contributed by atoms with E-state index < -0.39 is 21.2 Å². The maximum Gasteiger partial charge on any atom is 0.345 e. The molecule has 1 fully saturated rings. The van der Waals surface area contributed by atoms with Crippen LogP contribution in [-0.2, 0) is 22.0 Å². The molecule has 1 atom stereocenters. The molecular formula is C23H22BrNO5S. The largest absolute Gasteiger partial charge is 0.507 e. The molecule has 0 radical (unpaired) electrons. The van der Waals surface area contributed by atoms with Gasteiger partial charge in [0.15, 0.2) is 0 Å². The van der Waals surface area contributed by atoms with Crippen molar-refractivity contribution in [1.29, 1.82) is 0 Å². The van der Waals surface area contributed by atoms with E-state index in [4.69, 9.17) is 4.42 Å². The molecule has 1 aliphatic carbocycles. The topological polar surface area (TPSA) is 96.6 Å². The van der Waals surface area contributed by atoms with Crippen LogP contribution in [0.4, 0.5) is 0 Å². The van der Waals surface area contributed by atoms with E-state index >= 15 is 0 Å². The first-order chi connectivity index (χ1) is 14.8. The Morgan fingerprint density at radius 3 is 2.32 bits per heavy atom. The normalized spacial score (nSPS) is 16.1. The minimum absolute atomic E-state index is 0.0608. The van der Waals surface area contributed by atoms with E-state index in [9.17, 15) is 18.3 Å². The predicted octanol–water partition coefficient (Wildman–Crippen LogP) is 4.30. The summed E-state index contributed by atoms with van der Waals surface area (Å²) in [5.74, 6) is -0.150. The average Bonchev–Trinajstić information content (AvgIpc) is 3.59. The highest BCUT2D eigenvalue weighted by Gasteiger charge is 2.53. The average molecular weight is 504 g/mol. The lowest BCUT2D eigenvalue weighted by Crippen LogP contribution is -2.51. The van der Waals surface area contributed by atoms with Gasteiger partial charge >= 0.3 is 5.63 Å². The minimum atomic E-state index is -4.05. The van der Waals surface area contributed by atoms with Crippen LogP contribution in [0, 0.1) is 5.92 Å². The molecule has 8 heteroatoms. The molecule has 4 rings (SSSR count). The number of rotatable bonds is 7. The fourth-order valence-corrected chi connectivity index (χ4v) is 5.63. The lowest BCUT2D eigenvalue weighted by molar-refractivity contribution is 0.346. The maximum atomic E-state index is 13.4. The highest BCUT2D eigenvalue weighted by molar-refractivity contribution is 9.10. The molecule has 0 saturated heterocycles.